The van der Waals surface area contributed by atoms with Crippen molar-refractivity contribution in [3.63, 3.8) is 0 Å². The third-order valence-corrected chi connectivity index (χ3v) is 7.49. The number of anilines is 1. The maximum absolute atomic E-state index is 13.7. The van der Waals surface area contributed by atoms with Gasteiger partial charge >= 0.3 is 0 Å². The minimum absolute atomic E-state index is 0.103. The van der Waals surface area contributed by atoms with Crippen molar-refractivity contribution in [1.82, 2.24) is 19.6 Å². The fourth-order valence-corrected chi connectivity index (χ4v) is 6.14. The van der Waals surface area contributed by atoms with E-state index in [0.717, 1.165) is 34.5 Å². The van der Waals surface area contributed by atoms with Gasteiger partial charge in [-0.05, 0) is 49.8 Å². The smallest absolute Gasteiger partial charge is 0.234 e. The van der Waals surface area contributed by atoms with Crippen LogP contribution in [0.5, 0.6) is 0 Å². The Balaban J connectivity index is 1.44. The first-order valence-electron chi connectivity index (χ1n) is 9.84. The van der Waals surface area contributed by atoms with Crippen LogP contribution in [0.3, 0.4) is 0 Å². The number of amides is 1. The molecule has 0 bridgehead atoms. The van der Waals surface area contributed by atoms with Crippen LogP contribution in [0.2, 0.25) is 0 Å². The summed E-state index contributed by atoms with van der Waals surface area (Å²) in [5, 5.41) is 13.1. The van der Waals surface area contributed by atoms with Crippen molar-refractivity contribution in [3.05, 3.63) is 46.3 Å². The molecule has 1 atom stereocenters. The molecule has 1 unspecified atom stereocenters. The van der Waals surface area contributed by atoms with Gasteiger partial charge in [-0.15, -0.1) is 21.5 Å². The molecule has 1 N–H and O–H groups in total. The maximum Gasteiger partial charge on any atom is 0.234 e. The molecule has 1 aliphatic carbocycles. The Hall–Kier alpha value is -2.52. The molecule has 9 heteroatoms. The Morgan fingerprint density at radius 3 is 3.03 bits per heavy atom. The van der Waals surface area contributed by atoms with Gasteiger partial charge in [0.2, 0.25) is 5.91 Å². The number of thiophene rings is 1. The van der Waals surface area contributed by atoms with Crippen molar-refractivity contribution in [3.8, 4) is 0 Å². The quantitative estimate of drug-likeness (QED) is 0.467. The highest BCUT2D eigenvalue weighted by Gasteiger charge is 2.25. The lowest BCUT2D eigenvalue weighted by atomic mass is 9.89. The van der Waals surface area contributed by atoms with Crippen LogP contribution in [-0.2, 0) is 17.6 Å². The number of nitrogens with zero attached hydrogens (tertiary/aromatic N) is 4. The first-order valence-corrected chi connectivity index (χ1v) is 11.6. The molecule has 3 aromatic heterocycles. The predicted octanol–water partition coefficient (Wildman–Crippen LogP) is 4.64. The summed E-state index contributed by atoms with van der Waals surface area (Å²) in [4.78, 5) is 19.5. The van der Waals surface area contributed by atoms with Gasteiger partial charge in [-0.25, -0.2) is 9.37 Å². The van der Waals surface area contributed by atoms with Crippen LogP contribution in [0.15, 0.2) is 29.4 Å². The second kappa shape index (κ2) is 7.63. The molecule has 6 nitrogen and oxygen atoms in total. The number of nitrogens with one attached hydrogen (secondary N) is 1. The topological polar surface area (TPSA) is 72.2 Å². The number of benzene rings is 1. The first kappa shape index (κ1) is 19.4. The van der Waals surface area contributed by atoms with E-state index in [9.17, 15) is 9.18 Å². The Morgan fingerprint density at radius 2 is 2.20 bits per heavy atom. The zero-order valence-electron chi connectivity index (χ0n) is 16.6. The standard InChI is InChI=1S/C21H20FN5OS2/c1-11-7-8-13-16(9-11)30-20-18(13)19-25-26-21(27(19)12(2)23-20)29-10-17(28)24-15-6-4-3-5-14(15)22/h3-6,11H,7-10H2,1-2H3,(H,24,28). The number of hydrogen-bond acceptors (Lipinski definition) is 6. The van der Waals surface area contributed by atoms with E-state index in [-0.39, 0.29) is 17.3 Å². The average Bonchev–Trinajstić information content (AvgIpc) is 3.29. The summed E-state index contributed by atoms with van der Waals surface area (Å²) < 4.78 is 15.7. The van der Waals surface area contributed by atoms with Gasteiger partial charge < -0.3 is 5.32 Å². The van der Waals surface area contributed by atoms with Crippen molar-refractivity contribution in [2.75, 3.05) is 11.1 Å². The van der Waals surface area contributed by atoms with Gasteiger partial charge in [0, 0.05) is 4.88 Å². The van der Waals surface area contributed by atoms with Crippen molar-refractivity contribution in [1.29, 1.82) is 0 Å². The van der Waals surface area contributed by atoms with E-state index < -0.39 is 5.82 Å². The van der Waals surface area contributed by atoms with Crippen LogP contribution >= 0.6 is 23.1 Å². The Labute approximate surface area is 180 Å². The second-order valence-electron chi connectivity index (χ2n) is 7.65. The van der Waals surface area contributed by atoms with Gasteiger partial charge in [-0.2, -0.15) is 0 Å². The number of aryl methyl sites for hydroxylation is 2. The normalized spacial score (nSPS) is 16.2. The highest BCUT2D eigenvalue weighted by atomic mass is 32.2. The molecule has 1 aromatic carbocycles. The highest BCUT2D eigenvalue weighted by molar-refractivity contribution is 7.99. The molecule has 1 amide bonds. The minimum atomic E-state index is -0.456. The molecular formula is C21H20FN5OS2. The van der Waals surface area contributed by atoms with Crippen LogP contribution in [0.1, 0.15) is 29.6 Å². The molecule has 4 aromatic rings. The number of thioether (sulfide) groups is 1. The van der Waals surface area contributed by atoms with Gasteiger partial charge in [0.1, 0.15) is 16.5 Å². The fourth-order valence-electron chi connectivity index (χ4n) is 3.94. The third-order valence-electron chi connectivity index (χ3n) is 5.42. The van der Waals surface area contributed by atoms with Crippen LogP contribution in [-0.4, -0.2) is 31.2 Å². The zero-order valence-corrected chi connectivity index (χ0v) is 18.2. The van der Waals surface area contributed by atoms with Crippen molar-refractivity contribution in [2.24, 2.45) is 5.92 Å². The summed E-state index contributed by atoms with van der Waals surface area (Å²) >= 11 is 3.04. The number of halogens is 1. The molecule has 5 rings (SSSR count). The Bertz CT molecular complexity index is 1280. The number of para-hydroxylation sites is 1. The molecule has 0 radical (unpaired) electrons. The van der Waals surface area contributed by atoms with Gasteiger partial charge in [-0.1, -0.05) is 30.8 Å². The second-order valence-corrected chi connectivity index (χ2v) is 9.68. The molecule has 3 heterocycles. The largest absolute Gasteiger partial charge is 0.323 e. The molecule has 0 fully saturated rings. The molecule has 1 aliphatic rings. The van der Waals surface area contributed by atoms with Crippen LogP contribution in [0.25, 0.3) is 15.9 Å². The van der Waals surface area contributed by atoms with Crippen LogP contribution in [0.4, 0.5) is 10.1 Å². The number of aromatic nitrogens is 4. The van der Waals surface area contributed by atoms with E-state index in [2.05, 4.69) is 22.4 Å². The highest BCUT2D eigenvalue weighted by Crippen LogP contribution is 2.39. The van der Waals surface area contributed by atoms with E-state index in [1.165, 1.54) is 40.8 Å². The number of carbonyl (C=O) groups is 1. The molecule has 0 aliphatic heterocycles. The van der Waals surface area contributed by atoms with Gasteiger partial charge in [0.25, 0.3) is 0 Å². The first-order chi connectivity index (χ1) is 14.5. The van der Waals surface area contributed by atoms with Crippen molar-refractivity contribution >= 4 is 50.6 Å². The van der Waals surface area contributed by atoms with E-state index in [1.807, 2.05) is 11.3 Å². The Kier molecular flexibility index (Phi) is 4.94. The summed E-state index contributed by atoms with van der Waals surface area (Å²) in [6.45, 7) is 4.22. The maximum atomic E-state index is 13.7. The lowest BCUT2D eigenvalue weighted by molar-refractivity contribution is -0.113. The zero-order chi connectivity index (χ0) is 20.8. The molecule has 0 saturated carbocycles. The van der Waals surface area contributed by atoms with Gasteiger partial charge in [0.05, 0.1) is 16.8 Å². The van der Waals surface area contributed by atoms with Crippen molar-refractivity contribution in [2.45, 2.75) is 38.3 Å². The number of rotatable bonds is 4. The van der Waals surface area contributed by atoms with Crippen LogP contribution < -0.4 is 5.32 Å². The Morgan fingerprint density at radius 1 is 1.37 bits per heavy atom. The summed E-state index contributed by atoms with van der Waals surface area (Å²) in [7, 11) is 0. The average molecular weight is 442 g/mol. The van der Waals surface area contributed by atoms with Gasteiger partial charge in [-0.3, -0.25) is 9.20 Å². The molecule has 30 heavy (non-hydrogen) atoms. The number of hydrogen-bond donors (Lipinski definition) is 1. The molecular weight excluding hydrogens is 421 g/mol. The summed E-state index contributed by atoms with van der Waals surface area (Å²) in [5.41, 5.74) is 2.33. The number of fused-ring (bicyclic) bond motifs is 5. The van der Waals surface area contributed by atoms with Crippen LogP contribution in [0, 0.1) is 18.7 Å². The molecule has 0 spiro atoms. The SMILES string of the molecule is Cc1nc2sc3c(c2c2nnc(SCC(=O)Nc4ccccc4F)n12)CCC(C)C3. The summed E-state index contributed by atoms with van der Waals surface area (Å²) in [6, 6.07) is 6.12. The molecule has 154 valence electrons. The summed E-state index contributed by atoms with van der Waals surface area (Å²) in [6.07, 6.45) is 3.30. The lowest BCUT2D eigenvalue weighted by Crippen LogP contribution is -2.15. The van der Waals surface area contributed by atoms with E-state index in [4.69, 9.17) is 4.98 Å². The predicted molar refractivity (Wildman–Crippen MR) is 118 cm³/mol. The van der Waals surface area contributed by atoms with E-state index >= 15 is 0 Å². The minimum Gasteiger partial charge on any atom is -0.323 e. The van der Waals surface area contributed by atoms with E-state index in [0.29, 0.717) is 11.1 Å². The van der Waals surface area contributed by atoms with Gasteiger partial charge in [0.15, 0.2) is 10.8 Å². The number of carbonyl (C=O) groups excluding carboxylic acids is 1. The molecule has 0 saturated heterocycles. The lowest BCUT2D eigenvalue weighted by Gasteiger charge is -2.17. The summed E-state index contributed by atoms with van der Waals surface area (Å²) in [5.74, 6) is 0.843. The van der Waals surface area contributed by atoms with Crippen molar-refractivity contribution < 1.29 is 9.18 Å². The fraction of sp³-hybridized carbons (Fsp3) is 0.333. The third kappa shape index (κ3) is 3.35. The monoisotopic (exact) mass is 441 g/mol. The van der Waals surface area contributed by atoms with E-state index in [1.54, 1.807) is 23.5 Å².